The normalized spacial score (nSPS) is 19.9. The minimum atomic E-state index is 0.276. The van der Waals surface area contributed by atoms with Gasteiger partial charge in [-0.05, 0) is 61.4 Å². The summed E-state index contributed by atoms with van der Waals surface area (Å²) in [5, 5.41) is 14.4. The fourth-order valence-electron chi connectivity index (χ4n) is 4.05. The molecule has 0 saturated heterocycles. The smallest absolute Gasteiger partial charge is 0.119 e. The van der Waals surface area contributed by atoms with E-state index in [1.54, 1.807) is 7.11 Å². The summed E-state index contributed by atoms with van der Waals surface area (Å²) in [6.45, 7) is 5.83. The minimum absolute atomic E-state index is 0.276. The van der Waals surface area contributed by atoms with Crippen LogP contribution in [0.25, 0.3) is 10.9 Å². The molecular weight excluding hydrogens is 300 g/mol. The Morgan fingerprint density at radius 1 is 1.38 bits per heavy atom. The first kappa shape index (κ1) is 17.3. The highest BCUT2D eigenvalue weighted by Gasteiger charge is 2.28. The van der Waals surface area contributed by atoms with Gasteiger partial charge in [0.2, 0.25) is 0 Å². The summed E-state index contributed by atoms with van der Waals surface area (Å²) in [6.07, 6.45) is 4.17. The molecule has 3 N–H and O–H groups in total. The standard InChI is InChI=1S/C20H30N2O2/c1-4-13(2)14(8-10-23)11-19-20-16(7-9-21-19)17-12-15(24-3)5-6-18(17)22-20/h5-6,12-14,19,21-23H,4,7-11H2,1-3H3. The van der Waals surface area contributed by atoms with E-state index in [2.05, 4.69) is 36.3 Å². The van der Waals surface area contributed by atoms with E-state index in [0.29, 0.717) is 17.9 Å². The van der Waals surface area contributed by atoms with E-state index < -0.39 is 0 Å². The van der Waals surface area contributed by atoms with Crippen molar-refractivity contribution < 1.29 is 9.84 Å². The average molecular weight is 330 g/mol. The Balaban J connectivity index is 1.90. The second kappa shape index (κ2) is 7.58. The van der Waals surface area contributed by atoms with E-state index >= 15 is 0 Å². The van der Waals surface area contributed by atoms with Crippen LogP contribution in [0.2, 0.25) is 0 Å². The summed E-state index contributed by atoms with van der Waals surface area (Å²) in [5.41, 5.74) is 3.95. The van der Waals surface area contributed by atoms with E-state index in [1.165, 1.54) is 22.2 Å². The third kappa shape index (κ3) is 3.31. The lowest BCUT2D eigenvalue weighted by atomic mass is 9.82. The van der Waals surface area contributed by atoms with Gasteiger partial charge in [-0.1, -0.05) is 20.3 Å². The zero-order valence-corrected chi connectivity index (χ0v) is 15.1. The van der Waals surface area contributed by atoms with Crippen LogP contribution in [-0.4, -0.2) is 30.4 Å². The zero-order valence-electron chi connectivity index (χ0n) is 15.1. The van der Waals surface area contributed by atoms with Crippen molar-refractivity contribution in [1.29, 1.82) is 0 Å². The van der Waals surface area contributed by atoms with Crippen LogP contribution in [0.5, 0.6) is 5.75 Å². The number of aliphatic hydroxyl groups excluding tert-OH is 1. The molecule has 2 heterocycles. The van der Waals surface area contributed by atoms with Crippen LogP contribution >= 0.6 is 0 Å². The Bertz CT molecular complexity index is 680. The molecule has 0 aliphatic carbocycles. The molecule has 0 radical (unpaired) electrons. The third-order valence-electron chi connectivity index (χ3n) is 5.75. The van der Waals surface area contributed by atoms with Crippen molar-refractivity contribution in [2.24, 2.45) is 11.8 Å². The lowest BCUT2D eigenvalue weighted by Crippen LogP contribution is -2.32. The van der Waals surface area contributed by atoms with E-state index in [1.807, 2.05) is 6.07 Å². The predicted molar refractivity (Wildman–Crippen MR) is 98.6 cm³/mol. The van der Waals surface area contributed by atoms with Crippen LogP contribution in [0.15, 0.2) is 18.2 Å². The van der Waals surface area contributed by atoms with Crippen molar-refractivity contribution in [2.75, 3.05) is 20.3 Å². The molecule has 0 saturated carbocycles. The summed E-state index contributed by atoms with van der Waals surface area (Å²) < 4.78 is 5.39. The van der Waals surface area contributed by atoms with Gasteiger partial charge in [-0.15, -0.1) is 0 Å². The fraction of sp³-hybridized carbons (Fsp3) is 0.600. The monoisotopic (exact) mass is 330 g/mol. The summed E-state index contributed by atoms with van der Waals surface area (Å²) in [6, 6.07) is 6.62. The van der Waals surface area contributed by atoms with Crippen molar-refractivity contribution in [2.45, 2.75) is 45.6 Å². The Morgan fingerprint density at radius 3 is 2.92 bits per heavy atom. The Kier molecular flexibility index (Phi) is 5.47. The van der Waals surface area contributed by atoms with Crippen LogP contribution in [-0.2, 0) is 6.42 Å². The number of benzene rings is 1. The number of H-pyrrole nitrogens is 1. The fourth-order valence-corrected chi connectivity index (χ4v) is 4.05. The van der Waals surface area contributed by atoms with Crippen molar-refractivity contribution in [3.63, 3.8) is 0 Å². The molecule has 0 fully saturated rings. The largest absolute Gasteiger partial charge is 0.497 e. The van der Waals surface area contributed by atoms with Crippen molar-refractivity contribution >= 4 is 10.9 Å². The molecule has 3 unspecified atom stereocenters. The second-order valence-electron chi connectivity index (χ2n) is 7.08. The van der Waals surface area contributed by atoms with Gasteiger partial charge in [-0.3, -0.25) is 0 Å². The molecule has 1 aliphatic rings. The number of aliphatic hydroxyl groups is 1. The second-order valence-corrected chi connectivity index (χ2v) is 7.08. The van der Waals surface area contributed by atoms with E-state index in [9.17, 15) is 5.11 Å². The van der Waals surface area contributed by atoms with Gasteiger partial charge in [-0.25, -0.2) is 0 Å². The number of rotatable bonds is 7. The maximum atomic E-state index is 9.44. The maximum Gasteiger partial charge on any atom is 0.119 e. The van der Waals surface area contributed by atoms with Crippen molar-refractivity contribution in [3.8, 4) is 5.75 Å². The summed E-state index contributed by atoms with van der Waals surface area (Å²) in [4.78, 5) is 3.64. The van der Waals surface area contributed by atoms with Crippen molar-refractivity contribution in [3.05, 3.63) is 29.5 Å². The van der Waals surface area contributed by atoms with Gasteiger partial charge in [0.25, 0.3) is 0 Å². The average Bonchev–Trinajstić information content (AvgIpc) is 2.99. The number of aromatic amines is 1. The Hall–Kier alpha value is -1.52. The van der Waals surface area contributed by atoms with Crippen LogP contribution in [0.1, 0.15) is 50.4 Å². The first-order valence-electron chi connectivity index (χ1n) is 9.20. The number of ether oxygens (including phenoxy) is 1. The number of hydrogen-bond donors (Lipinski definition) is 3. The molecule has 1 aromatic carbocycles. The number of nitrogens with one attached hydrogen (secondary N) is 2. The molecule has 3 rings (SSSR count). The van der Waals surface area contributed by atoms with Gasteiger partial charge in [0.15, 0.2) is 0 Å². The van der Waals surface area contributed by atoms with Crippen molar-refractivity contribution in [1.82, 2.24) is 10.3 Å². The lowest BCUT2D eigenvalue weighted by Gasteiger charge is -2.30. The number of methoxy groups -OCH3 is 1. The summed E-state index contributed by atoms with van der Waals surface area (Å²) in [7, 11) is 1.72. The highest BCUT2D eigenvalue weighted by Crippen LogP contribution is 2.36. The van der Waals surface area contributed by atoms with E-state index in [-0.39, 0.29) is 6.61 Å². The highest BCUT2D eigenvalue weighted by molar-refractivity contribution is 5.86. The molecule has 0 amide bonds. The first-order chi connectivity index (χ1) is 11.7. The molecule has 3 atom stereocenters. The van der Waals surface area contributed by atoms with Crippen LogP contribution in [0.4, 0.5) is 0 Å². The third-order valence-corrected chi connectivity index (χ3v) is 5.75. The molecule has 1 aliphatic heterocycles. The topological polar surface area (TPSA) is 57.3 Å². The van der Waals surface area contributed by atoms with Gasteiger partial charge in [0.05, 0.1) is 7.11 Å². The van der Waals surface area contributed by atoms with Crippen LogP contribution in [0, 0.1) is 11.8 Å². The lowest BCUT2D eigenvalue weighted by molar-refractivity contribution is 0.199. The predicted octanol–water partition coefficient (Wildman–Crippen LogP) is 3.80. The highest BCUT2D eigenvalue weighted by atomic mass is 16.5. The molecule has 2 aromatic rings. The molecule has 4 heteroatoms. The number of fused-ring (bicyclic) bond motifs is 3. The summed E-state index contributed by atoms with van der Waals surface area (Å²) >= 11 is 0. The molecule has 1 aromatic heterocycles. The van der Waals surface area contributed by atoms with Gasteiger partial charge in [0.1, 0.15) is 5.75 Å². The van der Waals surface area contributed by atoms with Gasteiger partial charge < -0.3 is 20.1 Å². The SMILES string of the molecule is CCC(C)C(CCO)CC1NCCc2c1[nH]c1ccc(OC)cc21. The van der Waals surface area contributed by atoms with Gasteiger partial charge >= 0.3 is 0 Å². The Labute approximate surface area is 144 Å². The number of aromatic nitrogens is 1. The molecule has 24 heavy (non-hydrogen) atoms. The van der Waals surface area contributed by atoms with Crippen LogP contribution < -0.4 is 10.1 Å². The van der Waals surface area contributed by atoms with Crippen LogP contribution in [0.3, 0.4) is 0 Å². The maximum absolute atomic E-state index is 9.44. The molecule has 0 bridgehead atoms. The minimum Gasteiger partial charge on any atom is -0.497 e. The van der Waals surface area contributed by atoms with E-state index in [4.69, 9.17) is 4.74 Å². The molecule has 4 nitrogen and oxygen atoms in total. The Morgan fingerprint density at radius 2 is 2.21 bits per heavy atom. The van der Waals surface area contributed by atoms with E-state index in [0.717, 1.165) is 38.0 Å². The zero-order chi connectivity index (χ0) is 17.1. The molecule has 0 spiro atoms. The van der Waals surface area contributed by atoms with Gasteiger partial charge in [0, 0.05) is 29.2 Å². The molecule has 132 valence electrons. The summed E-state index contributed by atoms with van der Waals surface area (Å²) in [5.74, 6) is 2.09. The quantitative estimate of drug-likeness (QED) is 0.724. The number of hydrogen-bond acceptors (Lipinski definition) is 3. The van der Waals surface area contributed by atoms with Gasteiger partial charge in [-0.2, -0.15) is 0 Å². The molecular formula is C20H30N2O2. The first-order valence-corrected chi connectivity index (χ1v) is 9.20.